The van der Waals surface area contributed by atoms with Crippen molar-refractivity contribution in [3.8, 4) is 5.82 Å². The van der Waals surface area contributed by atoms with Gasteiger partial charge in [0.1, 0.15) is 10.3 Å². The third-order valence-electron chi connectivity index (χ3n) is 6.49. The first kappa shape index (κ1) is 40.1. The molecule has 0 unspecified atom stereocenters. The molecule has 4 aromatic rings. The Morgan fingerprint density at radius 1 is 1.00 bits per heavy atom. The number of halogens is 4. The third kappa shape index (κ3) is 11.9. The van der Waals surface area contributed by atoms with E-state index in [1.54, 1.807) is 25.1 Å². The predicted octanol–water partition coefficient (Wildman–Crippen LogP) is 6.40. The highest BCUT2D eigenvalue weighted by Crippen LogP contribution is 2.32. The molecule has 0 atom stereocenters. The molecule has 18 heteroatoms. The molecular formula is C32H31Br3ClN7O7. The lowest BCUT2D eigenvalue weighted by molar-refractivity contribution is -0.138. The van der Waals surface area contributed by atoms with Gasteiger partial charge in [-0.25, -0.2) is 24.9 Å². The molecular weight excluding hydrogens is 870 g/mol. The van der Waals surface area contributed by atoms with Crippen LogP contribution in [0.2, 0.25) is 5.02 Å². The Bertz CT molecular complexity index is 1840. The van der Waals surface area contributed by atoms with Crippen molar-refractivity contribution in [1.82, 2.24) is 30.5 Å². The van der Waals surface area contributed by atoms with E-state index in [9.17, 15) is 24.0 Å². The average molecular weight is 901 g/mol. The van der Waals surface area contributed by atoms with Crippen LogP contribution >= 0.6 is 59.4 Å². The van der Waals surface area contributed by atoms with Crippen LogP contribution in [-0.4, -0.2) is 74.9 Å². The Hall–Kier alpha value is -4.32. The van der Waals surface area contributed by atoms with Crippen molar-refractivity contribution in [3.63, 3.8) is 0 Å². The number of nitrogens with zero attached hydrogens (tertiary/aromatic N) is 4. The maximum absolute atomic E-state index is 13.3. The van der Waals surface area contributed by atoms with Gasteiger partial charge in [0.25, 0.3) is 11.8 Å². The number of carboxylic acids is 1. The van der Waals surface area contributed by atoms with Crippen molar-refractivity contribution >= 4 is 94.9 Å². The van der Waals surface area contributed by atoms with E-state index in [1.165, 1.54) is 30.1 Å². The quantitative estimate of drug-likeness (QED) is 0.124. The number of carboxylic acid groups (broad SMARTS) is 1. The second kappa shape index (κ2) is 19.8. The number of anilines is 1. The summed E-state index contributed by atoms with van der Waals surface area (Å²) in [4.78, 5) is 63.7. The number of nitrogens with one attached hydrogen (secondary N) is 3. The first-order valence-electron chi connectivity index (χ1n) is 14.7. The van der Waals surface area contributed by atoms with E-state index >= 15 is 0 Å². The van der Waals surface area contributed by atoms with Crippen LogP contribution in [0.1, 0.15) is 46.2 Å². The zero-order valence-electron chi connectivity index (χ0n) is 26.6. The number of aliphatic carboxylic acids is 1. The van der Waals surface area contributed by atoms with Gasteiger partial charge in [0, 0.05) is 40.7 Å². The summed E-state index contributed by atoms with van der Waals surface area (Å²) in [6.07, 6.45) is 1.41. The summed E-state index contributed by atoms with van der Waals surface area (Å²) in [6, 6.07) is 17.8. The van der Waals surface area contributed by atoms with Gasteiger partial charge in [-0.2, -0.15) is 5.10 Å². The molecule has 0 spiro atoms. The lowest BCUT2D eigenvalue weighted by atomic mass is 10.1. The van der Waals surface area contributed by atoms with Crippen LogP contribution in [0.4, 0.5) is 10.5 Å². The molecule has 4 rings (SSSR count). The van der Waals surface area contributed by atoms with Crippen LogP contribution in [0.15, 0.2) is 80.4 Å². The van der Waals surface area contributed by atoms with E-state index < -0.39 is 23.9 Å². The fraction of sp³-hybridized carbons (Fsp3) is 0.219. The Labute approximate surface area is 317 Å². The van der Waals surface area contributed by atoms with E-state index in [0.29, 0.717) is 25.1 Å². The number of benzene rings is 2. The number of hydrazine groups is 1. The summed E-state index contributed by atoms with van der Waals surface area (Å²) in [5, 5.41) is 19.4. The van der Waals surface area contributed by atoms with Gasteiger partial charge in [-0.15, -0.1) is 0 Å². The molecule has 264 valence electrons. The standard InChI is InChI=1S/C20H16Br3ClN6O4.C12H15NO3/c1-3-29(28-20(33)34-2)19(32)11-7-10(21)8-12(22)16(11)26-18(31)14-9-15(23)27-30(14)17-13(24)5-4-6-25-17;14-11(6-7-12(15)16)13-9-8-10-4-2-1-3-5-10/h4-9H,3H2,1-2H3,(H,26,31)(H,28,33);1-5H,6-9H2,(H,13,14)(H,15,16). The van der Waals surface area contributed by atoms with Crippen LogP contribution in [0.5, 0.6) is 0 Å². The predicted molar refractivity (Wildman–Crippen MR) is 196 cm³/mol. The zero-order valence-corrected chi connectivity index (χ0v) is 32.1. The minimum Gasteiger partial charge on any atom is -0.481 e. The average Bonchev–Trinajstić information content (AvgIpc) is 3.49. The number of pyridine rings is 1. The highest BCUT2D eigenvalue weighted by Gasteiger charge is 2.26. The molecule has 0 aliphatic carbocycles. The fourth-order valence-electron chi connectivity index (χ4n) is 4.13. The molecule has 0 radical (unpaired) electrons. The molecule has 2 heterocycles. The third-order valence-corrected chi connectivity index (χ3v) is 8.26. The summed E-state index contributed by atoms with van der Waals surface area (Å²) in [5.74, 6) is -2.06. The van der Waals surface area contributed by atoms with Crippen molar-refractivity contribution in [2.75, 3.05) is 25.5 Å². The van der Waals surface area contributed by atoms with E-state index in [2.05, 4.69) is 78.7 Å². The number of aromatic nitrogens is 3. The molecule has 0 bridgehead atoms. The van der Waals surface area contributed by atoms with Gasteiger partial charge in [-0.1, -0.05) is 57.9 Å². The number of rotatable bonds is 11. The molecule has 0 saturated heterocycles. The van der Waals surface area contributed by atoms with Crippen LogP contribution in [0.3, 0.4) is 0 Å². The van der Waals surface area contributed by atoms with Crippen LogP contribution in [0.25, 0.3) is 5.82 Å². The van der Waals surface area contributed by atoms with Gasteiger partial charge < -0.3 is 20.5 Å². The molecule has 2 aromatic carbocycles. The minimum atomic E-state index is -0.946. The number of carbonyl (C=O) groups is 5. The Morgan fingerprint density at radius 2 is 1.72 bits per heavy atom. The molecule has 0 saturated carbocycles. The van der Waals surface area contributed by atoms with Gasteiger partial charge in [-0.3, -0.25) is 19.2 Å². The van der Waals surface area contributed by atoms with Crippen molar-refractivity contribution in [1.29, 1.82) is 0 Å². The molecule has 0 aliphatic rings. The molecule has 4 amide bonds. The molecule has 14 nitrogen and oxygen atoms in total. The molecule has 0 aliphatic heterocycles. The summed E-state index contributed by atoms with van der Waals surface area (Å²) < 4.78 is 7.23. The van der Waals surface area contributed by atoms with Crippen molar-refractivity contribution in [3.05, 3.63) is 102 Å². The fourth-order valence-corrected chi connectivity index (χ4v) is 6.03. The number of hydrogen-bond acceptors (Lipinski definition) is 8. The lowest BCUT2D eigenvalue weighted by Crippen LogP contribution is -2.46. The van der Waals surface area contributed by atoms with Crippen molar-refractivity contribution in [2.45, 2.75) is 26.2 Å². The second-order valence-corrected chi connectivity index (χ2v) is 13.0. The number of ether oxygens (including phenoxy) is 1. The number of hydrogen-bond donors (Lipinski definition) is 4. The molecule has 2 aromatic heterocycles. The molecule has 4 N–H and O–H groups in total. The monoisotopic (exact) mass is 897 g/mol. The normalized spacial score (nSPS) is 10.3. The van der Waals surface area contributed by atoms with Gasteiger partial charge in [0.15, 0.2) is 5.82 Å². The van der Waals surface area contributed by atoms with Gasteiger partial charge in [0.2, 0.25) is 5.91 Å². The Balaban J connectivity index is 0.000000354. The van der Waals surface area contributed by atoms with Crippen LogP contribution < -0.4 is 16.1 Å². The number of methoxy groups -OCH3 is 1. The maximum Gasteiger partial charge on any atom is 0.425 e. The van der Waals surface area contributed by atoms with Gasteiger partial charge >= 0.3 is 12.1 Å². The SMILES string of the molecule is CCN(NC(=O)OC)C(=O)c1cc(Br)cc(Br)c1NC(=O)c1cc(Br)nn1-c1ncccc1Cl.O=C(O)CCC(=O)NCCc1ccccc1. The van der Waals surface area contributed by atoms with E-state index in [0.717, 1.165) is 17.0 Å². The highest BCUT2D eigenvalue weighted by molar-refractivity contribution is 9.11. The van der Waals surface area contributed by atoms with Gasteiger partial charge in [-0.05, 0) is 75.0 Å². The summed E-state index contributed by atoms with van der Waals surface area (Å²) >= 11 is 16.2. The Morgan fingerprint density at radius 3 is 2.36 bits per heavy atom. The maximum atomic E-state index is 13.3. The first-order valence-corrected chi connectivity index (χ1v) is 17.5. The summed E-state index contributed by atoms with van der Waals surface area (Å²) in [6.45, 7) is 2.36. The summed E-state index contributed by atoms with van der Waals surface area (Å²) in [7, 11) is 1.18. The zero-order chi connectivity index (χ0) is 36.8. The number of carbonyl (C=O) groups excluding carboxylic acids is 4. The first-order chi connectivity index (χ1) is 23.8. The highest BCUT2D eigenvalue weighted by atomic mass is 79.9. The van der Waals surface area contributed by atoms with E-state index in [1.807, 2.05) is 30.3 Å². The van der Waals surface area contributed by atoms with Crippen LogP contribution in [-0.2, 0) is 20.7 Å². The largest absolute Gasteiger partial charge is 0.481 e. The molecule has 50 heavy (non-hydrogen) atoms. The molecule has 0 fully saturated rings. The van der Waals surface area contributed by atoms with Crippen LogP contribution in [0, 0.1) is 0 Å². The second-order valence-electron chi connectivity index (χ2n) is 9.97. The smallest absolute Gasteiger partial charge is 0.425 e. The van der Waals surface area contributed by atoms with Gasteiger partial charge in [0.05, 0.1) is 29.8 Å². The number of amides is 4. The van der Waals surface area contributed by atoms with Crippen molar-refractivity contribution < 1.29 is 33.8 Å². The van der Waals surface area contributed by atoms with E-state index in [-0.39, 0.29) is 48.1 Å². The Kier molecular flexibility index (Phi) is 15.9. The van der Waals surface area contributed by atoms with E-state index in [4.69, 9.17) is 16.7 Å². The lowest BCUT2D eigenvalue weighted by Gasteiger charge is -2.23. The minimum absolute atomic E-state index is 0.0458. The topological polar surface area (TPSA) is 185 Å². The van der Waals surface area contributed by atoms with Crippen molar-refractivity contribution in [2.24, 2.45) is 0 Å². The summed E-state index contributed by atoms with van der Waals surface area (Å²) in [5.41, 5.74) is 3.89.